The van der Waals surface area contributed by atoms with Gasteiger partial charge in [0.2, 0.25) is 0 Å². The molecule has 0 unspecified atom stereocenters. The third-order valence-corrected chi connectivity index (χ3v) is 8.12. The van der Waals surface area contributed by atoms with E-state index in [0.717, 1.165) is 34.8 Å². The van der Waals surface area contributed by atoms with Crippen molar-refractivity contribution in [3.8, 4) is 22.3 Å². The molecule has 0 bridgehead atoms. The van der Waals surface area contributed by atoms with Crippen molar-refractivity contribution in [3.05, 3.63) is 115 Å². The highest BCUT2D eigenvalue weighted by molar-refractivity contribution is 6.32. The predicted molar refractivity (Wildman–Crippen MR) is 137 cm³/mol. The summed E-state index contributed by atoms with van der Waals surface area (Å²) in [6, 6.07) is 21.6. The molecular weight excluding hydrogens is 510 g/mol. The zero-order valence-electron chi connectivity index (χ0n) is 17.4. The monoisotopic (exact) mass is 522 g/mol. The molecule has 0 atom stereocenters. The Morgan fingerprint density at radius 3 is 0.882 bits per heavy atom. The fourth-order valence-electron chi connectivity index (χ4n) is 5.89. The van der Waals surface area contributed by atoms with E-state index in [1.165, 1.54) is 0 Å². The predicted octanol–water partition coefficient (Wildman–Crippen LogP) is 7.93. The van der Waals surface area contributed by atoms with Crippen LogP contribution in [0.15, 0.2) is 72.8 Å². The number of carbonyl (C=O) groups is 2. The van der Waals surface area contributed by atoms with E-state index in [1.807, 2.05) is 24.3 Å². The van der Waals surface area contributed by atoms with Gasteiger partial charge in [-0.15, -0.1) is 0 Å². The Morgan fingerprint density at radius 1 is 0.441 bits per heavy atom. The van der Waals surface area contributed by atoms with E-state index in [-0.39, 0.29) is 0 Å². The Hall–Kier alpha value is -2.62. The first kappa shape index (κ1) is 21.9. The summed E-state index contributed by atoms with van der Waals surface area (Å²) in [6.45, 7) is 0. The van der Waals surface area contributed by atoms with E-state index >= 15 is 0 Å². The normalized spacial score (nSPS) is 15.8. The molecule has 0 saturated carbocycles. The molecule has 34 heavy (non-hydrogen) atoms. The minimum atomic E-state index is -1.45. The van der Waals surface area contributed by atoms with Crippen molar-refractivity contribution in [1.29, 1.82) is 0 Å². The van der Waals surface area contributed by atoms with Gasteiger partial charge in [-0.2, -0.15) is 0 Å². The highest BCUT2D eigenvalue weighted by Gasteiger charge is 2.63. The van der Waals surface area contributed by atoms with Crippen molar-refractivity contribution in [3.63, 3.8) is 0 Å². The maximum Gasteiger partial charge on any atom is 0.136 e. The number of hydrogen-bond donors (Lipinski definition) is 0. The van der Waals surface area contributed by atoms with Gasteiger partial charge in [0, 0.05) is 20.1 Å². The van der Waals surface area contributed by atoms with Crippen molar-refractivity contribution in [2.45, 2.75) is 10.8 Å². The molecule has 0 aromatic heterocycles. The van der Waals surface area contributed by atoms with Crippen LogP contribution in [-0.2, 0) is 20.4 Å². The lowest BCUT2D eigenvalue weighted by atomic mass is 9.55. The molecular formula is C28H14Cl4O2. The first-order valence-corrected chi connectivity index (χ1v) is 12.0. The zero-order valence-corrected chi connectivity index (χ0v) is 20.4. The van der Waals surface area contributed by atoms with Crippen LogP contribution in [0.1, 0.15) is 22.3 Å². The third-order valence-electron chi connectivity index (χ3n) is 7.18. The first-order chi connectivity index (χ1) is 16.4. The Morgan fingerprint density at radius 2 is 0.676 bits per heavy atom. The number of aldehydes is 2. The molecule has 0 amide bonds. The van der Waals surface area contributed by atoms with Crippen LogP contribution in [0.4, 0.5) is 0 Å². The first-order valence-electron chi connectivity index (χ1n) is 10.5. The van der Waals surface area contributed by atoms with Gasteiger partial charge in [-0.25, -0.2) is 0 Å². The maximum atomic E-state index is 13.5. The molecule has 2 aliphatic rings. The van der Waals surface area contributed by atoms with Gasteiger partial charge in [0.05, 0.1) is 10.8 Å². The van der Waals surface area contributed by atoms with Crippen molar-refractivity contribution < 1.29 is 9.59 Å². The Balaban J connectivity index is 1.87. The quantitative estimate of drug-likeness (QED) is 0.255. The topological polar surface area (TPSA) is 34.1 Å². The average Bonchev–Trinajstić information content (AvgIpc) is 3.25. The molecule has 0 spiro atoms. The summed E-state index contributed by atoms with van der Waals surface area (Å²) in [5.74, 6) is 0. The van der Waals surface area contributed by atoms with E-state index in [1.54, 1.807) is 48.5 Å². The van der Waals surface area contributed by atoms with E-state index in [9.17, 15) is 9.59 Å². The second-order valence-electron chi connectivity index (χ2n) is 8.61. The minimum absolute atomic E-state index is 0.459. The number of hydrogen-bond acceptors (Lipinski definition) is 2. The standard InChI is InChI=1S/C28H14Cl4O2/c29-15-1-5-19-20-6-2-16(30)10-24(20)27(13-33,23(19)9-15)28(14-34)25-11-17(31)3-7-21(25)22-8-4-18(32)12-26(22)28/h1-14H. The van der Waals surface area contributed by atoms with Crippen molar-refractivity contribution in [2.24, 2.45) is 0 Å². The third kappa shape index (κ3) is 2.55. The average molecular weight is 524 g/mol. The van der Waals surface area contributed by atoms with Gasteiger partial charge >= 0.3 is 0 Å². The molecule has 6 rings (SSSR count). The largest absolute Gasteiger partial charge is 0.302 e. The molecule has 166 valence electrons. The van der Waals surface area contributed by atoms with Crippen LogP contribution < -0.4 is 0 Å². The smallest absolute Gasteiger partial charge is 0.136 e. The Bertz CT molecular complexity index is 1340. The second kappa shape index (κ2) is 7.44. The number of rotatable bonds is 3. The van der Waals surface area contributed by atoms with E-state index in [2.05, 4.69) is 0 Å². The summed E-state index contributed by atoms with van der Waals surface area (Å²) in [6.07, 6.45) is 1.69. The summed E-state index contributed by atoms with van der Waals surface area (Å²) < 4.78 is 0. The lowest BCUT2D eigenvalue weighted by molar-refractivity contribution is -0.119. The molecule has 4 aromatic rings. The van der Waals surface area contributed by atoms with Crippen LogP contribution in [0.5, 0.6) is 0 Å². The second-order valence-corrected chi connectivity index (χ2v) is 10.4. The number of carbonyl (C=O) groups excluding carboxylic acids is 2. The molecule has 0 saturated heterocycles. The van der Waals surface area contributed by atoms with Gasteiger partial charge in [-0.3, -0.25) is 0 Å². The Labute approximate surface area is 216 Å². The number of halogens is 4. The van der Waals surface area contributed by atoms with E-state index < -0.39 is 10.8 Å². The molecule has 4 aromatic carbocycles. The van der Waals surface area contributed by atoms with Crippen LogP contribution in [0.2, 0.25) is 20.1 Å². The summed E-state index contributed by atoms with van der Waals surface area (Å²) >= 11 is 25.8. The van der Waals surface area contributed by atoms with Crippen LogP contribution in [-0.4, -0.2) is 12.6 Å². The summed E-state index contributed by atoms with van der Waals surface area (Å²) in [5.41, 5.74) is 2.93. The van der Waals surface area contributed by atoms with Gasteiger partial charge < -0.3 is 9.59 Å². The van der Waals surface area contributed by atoms with Crippen molar-refractivity contribution in [1.82, 2.24) is 0 Å². The highest BCUT2D eigenvalue weighted by atomic mass is 35.5. The van der Waals surface area contributed by atoms with Gasteiger partial charge in [0.25, 0.3) is 0 Å². The fraction of sp³-hybridized carbons (Fsp3) is 0.0714. The van der Waals surface area contributed by atoms with E-state index in [0.29, 0.717) is 42.3 Å². The Kier molecular flexibility index (Phi) is 4.79. The molecule has 0 radical (unpaired) electrons. The SMILES string of the molecule is O=CC1(C2(C=O)c3cc(Cl)ccc3-c3ccc(Cl)cc32)c2cc(Cl)ccc2-c2ccc(Cl)cc21. The minimum Gasteiger partial charge on any atom is -0.302 e. The molecule has 0 N–H and O–H groups in total. The molecule has 0 heterocycles. The number of benzene rings is 4. The van der Waals surface area contributed by atoms with Crippen LogP contribution >= 0.6 is 46.4 Å². The van der Waals surface area contributed by atoms with Crippen molar-refractivity contribution in [2.75, 3.05) is 0 Å². The molecule has 2 aliphatic carbocycles. The molecule has 0 aliphatic heterocycles. The highest BCUT2D eigenvalue weighted by Crippen LogP contribution is 2.64. The molecule has 6 heteroatoms. The van der Waals surface area contributed by atoms with Crippen LogP contribution in [0.25, 0.3) is 22.3 Å². The summed E-state index contributed by atoms with van der Waals surface area (Å²) in [7, 11) is 0. The van der Waals surface area contributed by atoms with Gasteiger partial charge in [-0.05, 0) is 93.0 Å². The lowest BCUT2D eigenvalue weighted by Crippen LogP contribution is -2.51. The summed E-state index contributed by atoms with van der Waals surface area (Å²) in [5, 5.41) is 1.84. The van der Waals surface area contributed by atoms with Gasteiger partial charge in [0.15, 0.2) is 0 Å². The zero-order chi connectivity index (χ0) is 23.8. The van der Waals surface area contributed by atoms with Gasteiger partial charge in [0.1, 0.15) is 12.6 Å². The fourth-order valence-corrected chi connectivity index (χ4v) is 6.58. The maximum absolute atomic E-state index is 13.5. The van der Waals surface area contributed by atoms with Crippen LogP contribution in [0.3, 0.4) is 0 Å². The van der Waals surface area contributed by atoms with Gasteiger partial charge in [-0.1, -0.05) is 70.7 Å². The number of fused-ring (bicyclic) bond motifs is 6. The van der Waals surface area contributed by atoms with Crippen molar-refractivity contribution >= 4 is 59.0 Å². The summed E-state index contributed by atoms with van der Waals surface area (Å²) in [4.78, 5) is 27.0. The molecule has 2 nitrogen and oxygen atoms in total. The van der Waals surface area contributed by atoms with Crippen LogP contribution in [0, 0.1) is 0 Å². The van der Waals surface area contributed by atoms with E-state index in [4.69, 9.17) is 46.4 Å². The lowest BCUT2D eigenvalue weighted by Gasteiger charge is -2.42. The molecule has 0 fully saturated rings.